The summed E-state index contributed by atoms with van der Waals surface area (Å²) >= 11 is 0. The summed E-state index contributed by atoms with van der Waals surface area (Å²) in [5.41, 5.74) is -1.03. The van der Waals surface area contributed by atoms with Gasteiger partial charge in [0.25, 0.3) is 0 Å². The molecule has 9 heteroatoms. The molecule has 0 amide bonds. The zero-order valence-corrected chi connectivity index (χ0v) is 11.7. The Labute approximate surface area is 118 Å². The lowest BCUT2D eigenvalue weighted by Gasteiger charge is -2.09. The maximum atomic E-state index is 13.5. The van der Waals surface area contributed by atoms with Crippen molar-refractivity contribution in [3.8, 4) is 0 Å². The summed E-state index contributed by atoms with van der Waals surface area (Å²) in [5.74, 6) is -3.52. The lowest BCUT2D eigenvalue weighted by Crippen LogP contribution is -2.14. The van der Waals surface area contributed by atoms with Gasteiger partial charge in [-0.3, -0.25) is 0 Å². The molecular weight excluding hydrogens is 316 g/mol. The fraction of sp³-hybridized carbons (Fsp3) is 0.417. The zero-order chi connectivity index (χ0) is 16.4. The van der Waals surface area contributed by atoms with Crippen molar-refractivity contribution in [2.45, 2.75) is 30.8 Å². The third-order valence-corrected chi connectivity index (χ3v) is 4.47. The second kappa shape index (κ2) is 6.00. The van der Waals surface area contributed by atoms with E-state index in [9.17, 15) is 30.8 Å². The largest absolute Gasteiger partial charge is 0.478 e. The number of halogens is 4. The van der Waals surface area contributed by atoms with Gasteiger partial charge in [0.05, 0.1) is 16.2 Å². The number of alkyl halides is 3. The lowest BCUT2D eigenvalue weighted by molar-refractivity contribution is -0.134. The molecular formula is C12H12F4O4S. The number of carboxylic acids is 1. The highest BCUT2D eigenvalue weighted by atomic mass is 32.2. The highest BCUT2D eigenvalue weighted by Crippen LogP contribution is 2.24. The Balaban J connectivity index is 3.07. The minimum atomic E-state index is -4.47. The molecule has 0 aliphatic carbocycles. The smallest absolute Gasteiger partial charge is 0.389 e. The summed E-state index contributed by atoms with van der Waals surface area (Å²) in [6.45, 7) is 1.18. The molecule has 4 nitrogen and oxygen atoms in total. The van der Waals surface area contributed by atoms with Crippen LogP contribution in [0, 0.1) is 12.7 Å². The standard InChI is InChI=1S/C12H12F4O4S/c1-7-5-8(6-9(10(7)13)11(17)18)21(19,20)4-2-3-12(14,15)16/h5-6H,2-4H2,1H3,(H,17,18). The van der Waals surface area contributed by atoms with Crippen LogP contribution in [0.3, 0.4) is 0 Å². The van der Waals surface area contributed by atoms with Gasteiger partial charge >= 0.3 is 12.1 Å². The zero-order valence-electron chi connectivity index (χ0n) is 10.9. The first kappa shape index (κ1) is 17.4. The van der Waals surface area contributed by atoms with Crippen LogP contribution in [0.1, 0.15) is 28.8 Å². The molecule has 1 aromatic rings. The second-order valence-electron chi connectivity index (χ2n) is 4.44. The molecule has 0 atom stereocenters. The number of aryl methyl sites for hydroxylation is 1. The highest BCUT2D eigenvalue weighted by molar-refractivity contribution is 7.91. The van der Waals surface area contributed by atoms with Crippen molar-refractivity contribution in [3.63, 3.8) is 0 Å². The Morgan fingerprint density at radius 3 is 2.33 bits per heavy atom. The quantitative estimate of drug-likeness (QED) is 0.666. The Bertz CT molecular complexity index is 650. The molecule has 0 unspecified atom stereocenters. The molecule has 0 aromatic heterocycles. The van der Waals surface area contributed by atoms with Crippen LogP contribution >= 0.6 is 0 Å². The van der Waals surface area contributed by atoms with Gasteiger partial charge in [0, 0.05) is 6.42 Å². The fourth-order valence-corrected chi connectivity index (χ4v) is 3.07. The van der Waals surface area contributed by atoms with Crippen molar-refractivity contribution in [1.29, 1.82) is 0 Å². The normalized spacial score (nSPS) is 12.4. The molecule has 0 aliphatic heterocycles. The number of carboxylic acid groups (broad SMARTS) is 1. The predicted octanol–water partition coefficient (Wildman–Crippen LogP) is 2.95. The first-order valence-corrected chi connectivity index (χ1v) is 7.42. The van der Waals surface area contributed by atoms with Gasteiger partial charge in [0.2, 0.25) is 0 Å². The summed E-state index contributed by atoms with van der Waals surface area (Å²) in [5, 5.41) is 8.78. The van der Waals surface area contributed by atoms with Crippen molar-refractivity contribution in [1.82, 2.24) is 0 Å². The summed E-state index contributed by atoms with van der Waals surface area (Å²) < 4.78 is 73.2. The van der Waals surface area contributed by atoms with E-state index in [0.717, 1.165) is 6.07 Å². The molecule has 1 aromatic carbocycles. The topological polar surface area (TPSA) is 71.4 Å². The van der Waals surface area contributed by atoms with Crippen LogP contribution in [0.15, 0.2) is 17.0 Å². The summed E-state index contributed by atoms with van der Waals surface area (Å²) in [6, 6.07) is 1.53. The van der Waals surface area contributed by atoms with Gasteiger partial charge in [0.15, 0.2) is 9.84 Å². The van der Waals surface area contributed by atoms with E-state index in [1.54, 1.807) is 0 Å². The van der Waals surface area contributed by atoms with Gasteiger partial charge in [-0.1, -0.05) is 0 Å². The molecule has 0 saturated carbocycles. The van der Waals surface area contributed by atoms with Crippen LogP contribution in [0.4, 0.5) is 17.6 Å². The van der Waals surface area contributed by atoms with Gasteiger partial charge in [-0.05, 0) is 31.0 Å². The maximum absolute atomic E-state index is 13.5. The summed E-state index contributed by atoms with van der Waals surface area (Å²) in [7, 11) is -4.11. The van der Waals surface area contributed by atoms with Gasteiger partial charge in [-0.25, -0.2) is 17.6 Å². The van der Waals surface area contributed by atoms with Crippen molar-refractivity contribution in [2.75, 3.05) is 5.75 Å². The lowest BCUT2D eigenvalue weighted by atomic mass is 10.1. The number of hydrogen-bond acceptors (Lipinski definition) is 3. The van der Waals surface area contributed by atoms with E-state index in [4.69, 9.17) is 5.11 Å². The number of aromatic carboxylic acids is 1. The summed E-state index contributed by atoms with van der Waals surface area (Å²) in [4.78, 5) is 10.3. The molecule has 0 heterocycles. The number of rotatable bonds is 5. The molecule has 0 spiro atoms. The molecule has 0 saturated heterocycles. The minimum Gasteiger partial charge on any atom is -0.478 e. The van der Waals surface area contributed by atoms with Crippen LogP contribution in [0.2, 0.25) is 0 Å². The maximum Gasteiger partial charge on any atom is 0.389 e. The van der Waals surface area contributed by atoms with Crippen molar-refractivity contribution >= 4 is 15.8 Å². The molecule has 1 N–H and O–H groups in total. The molecule has 0 radical (unpaired) electrons. The molecule has 0 aliphatic rings. The van der Waals surface area contributed by atoms with E-state index in [1.807, 2.05) is 0 Å². The first-order chi connectivity index (χ1) is 9.44. The molecule has 1 rings (SSSR count). The van der Waals surface area contributed by atoms with E-state index in [1.165, 1.54) is 6.92 Å². The molecule has 118 valence electrons. The monoisotopic (exact) mass is 328 g/mol. The first-order valence-electron chi connectivity index (χ1n) is 5.77. The van der Waals surface area contributed by atoms with Crippen molar-refractivity contribution in [2.24, 2.45) is 0 Å². The van der Waals surface area contributed by atoms with Gasteiger partial charge in [-0.15, -0.1) is 0 Å². The van der Waals surface area contributed by atoms with Crippen molar-refractivity contribution < 1.29 is 35.9 Å². The van der Waals surface area contributed by atoms with E-state index >= 15 is 0 Å². The van der Waals surface area contributed by atoms with Crippen LogP contribution in [-0.4, -0.2) is 31.4 Å². The molecule has 0 fully saturated rings. The minimum absolute atomic E-state index is 0.204. The number of hydrogen-bond donors (Lipinski definition) is 1. The van der Waals surface area contributed by atoms with Crippen molar-refractivity contribution in [3.05, 3.63) is 29.1 Å². The van der Waals surface area contributed by atoms with E-state index in [2.05, 4.69) is 0 Å². The van der Waals surface area contributed by atoms with E-state index in [-0.39, 0.29) is 5.56 Å². The predicted molar refractivity (Wildman–Crippen MR) is 65.4 cm³/mol. The molecule has 0 bridgehead atoms. The SMILES string of the molecule is Cc1cc(S(=O)(=O)CCCC(F)(F)F)cc(C(=O)O)c1F. The fourth-order valence-electron chi connectivity index (χ4n) is 1.65. The van der Waals surface area contributed by atoms with Gasteiger partial charge in [0.1, 0.15) is 5.82 Å². The van der Waals surface area contributed by atoms with E-state index < -0.39 is 56.9 Å². The number of carbonyl (C=O) groups is 1. The van der Waals surface area contributed by atoms with Gasteiger partial charge in [-0.2, -0.15) is 13.2 Å². The Morgan fingerprint density at radius 2 is 1.86 bits per heavy atom. The van der Waals surface area contributed by atoms with Crippen LogP contribution < -0.4 is 0 Å². The Morgan fingerprint density at radius 1 is 1.29 bits per heavy atom. The van der Waals surface area contributed by atoms with Crippen LogP contribution in [-0.2, 0) is 9.84 Å². The third kappa shape index (κ3) is 4.69. The van der Waals surface area contributed by atoms with Gasteiger partial charge < -0.3 is 5.11 Å². The third-order valence-electron chi connectivity index (χ3n) is 2.69. The number of sulfone groups is 1. The Kier molecular flexibility index (Phi) is 4.98. The van der Waals surface area contributed by atoms with Crippen LogP contribution in [0.5, 0.6) is 0 Å². The molecule has 21 heavy (non-hydrogen) atoms. The van der Waals surface area contributed by atoms with Crippen LogP contribution in [0.25, 0.3) is 0 Å². The second-order valence-corrected chi connectivity index (χ2v) is 6.55. The average Bonchev–Trinajstić information content (AvgIpc) is 2.29. The number of benzene rings is 1. The highest BCUT2D eigenvalue weighted by Gasteiger charge is 2.28. The average molecular weight is 328 g/mol. The Hall–Kier alpha value is -1.64. The summed E-state index contributed by atoms with van der Waals surface area (Å²) in [6.07, 6.45) is -6.39. The van der Waals surface area contributed by atoms with E-state index in [0.29, 0.717) is 6.07 Å².